The van der Waals surface area contributed by atoms with Gasteiger partial charge in [0.2, 0.25) is 5.91 Å². The number of para-hydroxylation sites is 1. The Morgan fingerprint density at radius 1 is 1.00 bits per heavy atom. The first-order chi connectivity index (χ1) is 11.7. The topological polar surface area (TPSA) is 23.6 Å². The largest absolute Gasteiger partial charge is 0.314 e. The number of hydrogen-bond donors (Lipinski definition) is 0. The van der Waals surface area contributed by atoms with Gasteiger partial charge in [-0.1, -0.05) is 48.5 Å². The van der Waals surface area contributed by atoms with Gasteiger partial charge in [0, 0.05) is 12.7 Å². The van der Waals surface area contributed by atoms with Crippen molar-refractivity contribution in [3.05, 3.63) is 66.2 Å². The van der Waals surface area contributed by atoms with E-state index in [0.29, 0.717) is 6.54 Å². The van der Waals surface area contributed by atoms with Gasteiger partial charge >= 0.3 is 0 Å². The van der Waals surface area contributed by atoms with Gasteiger partial charge in [0.25, 0.3) is 0 Å². The van der Waals surface area contributed by atoms with Crippen molar-refractivity contribution in [2.45, 2.75) is 19.3 Å². The molecule has 3 nitrogen and oxygen atoms in total. The summed E-state index contributed by atoms with van der Waals surface area (Å²) in [7, 11) is 1.86. The first kappa shape index (κ1) is 16.7. The lowest BCUT2D eigenvalue weighted by Gasteiger charge is -2.32. The van der Waals surface area contributed by atoms with Crippen molar-refractivity contribution in [2.75, 3.05) is 31.6 Å². The zero-order valence-electron chi connectivity index (χ0n) is 14.4. The average molecular weight is 322 g/mol. The van der Waals surface area contributed by atoms with Crippen LogP contribution < -0.4 is 4.90 Å². The first-order valence-corrected chi connectivity index (χ1v) is 8.80. The van der Waals surface area contributed by atoms with E-state index in [2.05, 4.69) is 35.2 Å². The molecule has 0 spiro atoms. The van der Waals surface area contributed by atoms with Crippen molar-refractivity contribution in [2.24, 2.45) is 5.92 Å². The summed E-state index contributed by atoms with van der Waals surface area (Å²) in [5.74, 6) is 0.910. The summed E-state index contributed by atoms with van der Waals surface area (Å²) in [5.41, 5.74) is 2.39. The lowest BCUT2D eigenvalue weighted by molar-refractivity contribution is -0.119. The maximum atomic E-state index is 12.5. The summed E-state index contributed by atoms with van der Waals surface area (Å²) in [6.45, 7) is 2.56. The Morgan fingerprint density at radius 2 is 1.58 bits per heavy atom. The number of amides is 1. The molecular weight excluding hydrogens is 296 g/mol. The second-order valence-corrected chi connectivity index (χ2v) is 6.70. The van der Waals surface area contributed by atoms with E-state index in [0.717, 1.165) is 31.1 Å². The quantitative estimate of drug-likeness (QED) is 0.839. The van der Waals surface area contributed by atoms with Gasteiger partial charge in [0.05, 0.1) is 6.54 Å². The predicted molar refractivity (Wildman–Crippen MR) is 99.2 cm³/mol. The number of rotatable bonds is 5. The van der Waals surface area contributed by atoms with Crippen LogP contribution in [0, 0.1) is 5.92 Å². The Kier molecular flexibility index (Phi) is 5.65. The number of nitrogens with zero attached hydrogens (tertiary/aromatic N) is 2. The fourth-order valence-electron chi connectivity index (χ4n) is 3.39. The molecule has 0 radical (unpaired) electrons. The van der Waals surface area contributed by atoms with Crippen LogP contribution in [-0.4, -0.2) is 37.5 Å². The van der Waals surface area contributed by atoms with Crippen LogP contribution in [0.25, 0.3) is 0 Å². The third-order valence-electron chi connectivity index (χ3n) is 4.95. The number of likely N-dealkylation sites (tertiary alicyclic amines) is 1. The highest BCUT2D eigenvalue weighted by Crippen LogP contribution is 2.22. The average Bonchev–Trinajstić information content (AvgIpc) is 2.64. The molecule has 2 aromatic carbocycles. The van der Waals surface area contributed by atoms with E-state index in [1.54, 1.807) is 4.90 Å². The molecular formula is C21H26N2O. The molecule has 1 saturated heterocycles. The summed E-state index contributed by atoms with van der Waals surface area (Å²) in [4.78, 5) is 16.5. The van der Waals surface area contributed by atoms with E-state index in [-0.39, 0.29) is 5.91 Å². The summed E-state index contributed by atoms with van der Waals surface area (Å²) in [5, 5.41) is 0. The van der Waals surface area contributed by atoms with E-state index < -0.39 is 0 Å². The second-order valence-electron chi connectivity index (χ2n) is 6.70. The summed E-state index contributed by atoms with van der Waals surface area (Å²) >= 11 is 0. The molecule has 1 amide bonds. The molecule has 1 fully saturated rings. The van der Waals surface area contributed by atoms with Gasteiger partial charge in [0.1, 0.15) is 0 Å². The number of hydrogen-bond acceptors (Lipinski definition) is 2. The lowest BCUT2D eigenvalue weighted by atomic mass is 9.90. The maximum Gasteiger partial charge on any atom is 0.240 e. The molecule has 0 saturated carbocycles. The number of carbonyl (C=O) groups excluding carboxylic acids is 1. The fourth-order valence-corrected chi connectivity index (χ4v) is 3.39. The molecule has 1 aliphatic rings. The van der Waals surface area contributed by atoms with Crippen LogP contribution in [0.4, 0.5) is 5.69 Å². The van der Waals surface area contributed by atoms with Crippen molar-refractivity contribution < 1.29 is 4.79 Å². The summed E-state index contributed by atoms with van der Waals surface area (Å²) in [6, 6.07) is 20.6. The smallest absolute Gasteiger partial charge is 0.240 e. The van der Waals surface area contributed by atoms with Gasteiger partial charge in [-0.15, -0.1) is 0 Å². The van der Waals surface area contributed by atoms with Crippen molar-refractivity contribution >= 4 is 11.6 Å². The third-order valence-corrected chi connectivity index (χ3v) is 4.95. The van der Waals surface area contributed by atoms with Crippen LogP contribution in [0.3, 0.4) is 0 Å². The number of anilines is 1. The van der Waals surface area contributed by atoms with Gasteiger partial charge in [-0.05, 0) is 56.0 Å². The van der Waals surface area contributed by atoms with Crippen molar-refractivity contribution in [1.29, 1.82) is 0 Å². The van der Waals surface area contributed by atoms with Crippen molar-refractivity contribution in [3.63, 3.8) is 0 Å². The molecule has 0 N–H and O–H groups in total. The van der Waals surface area contributed by atoms with E-state index >= 15 is 0 Å². The Labute approximate surface area is 144 Å². The highest BCUT2D eigenvalue weighted by Gasteiger charge is 2.22. The minimum Gasteiger partial charge on any atom is -0.314 e. The van der Waals surface area contributed by atoms with Gasteiger partial charge in [-0.3, -0.25) is 9.69 Å². The molecule has 2 aromatic rings. The Morgan fingerprint density at radius 3 is 2.21 bits per heavy atom. The monoisotopic (exact) mass is 322 g/mol. The van der Waals surface area contributed by atoms with Crippen LogP contribution >= 0.6 is 0 Å². The minimum absolute atomic E-state index is 0.169. The number of carbonyl (C=O) groups is 1. The standard InChI is InChI=1S/C21H26N2O/c1-22(20-10-6-3-7-11-20)21(24)17-23-14-12-19(13-15-23)16-18-8-4-2-5-9-18/h2-11,19H,12-17H2,1H3. The number of benzene rings is 2. The molecule has 126 valence electrons. The van der Waals surface area contributed by atoms with Crippen LogP contribution in [0.1, 0.15) is 18.4 Å². The van der Waals surface area contributed by atoms with E-state index in [4.69, 9.17) is 0 Å². The molecule has 0 unspecified atom stereocenters. The zero-order valence-corrected chi connectivity index (χ0v) is 14.4. The van der Waals surface area contributed by atoms with Crippen LogP contribution in [0.5, 0.6) is 0 Å². The summed E-state index contributed by atoms with van der Waals surface area (Å²) < 4.78 is 0. The normalized spacial score (nSPS) is 16.0. The fraction of sp³-hybridized carbons (Fsp3) is 0.381. The highest BCUT2D eigenvalue weighted by atomic mass is 16.2. The Balaban J connectivity index is 1.46. The number of likely N-dealkylation sites (N-methyl/N-ethyl adjacent to an activating group) is 1. The molecule has 0 aromatic heterocycles. The minimum atomic E-state index is 0.169. The van der Waals surface area contributed by atoms with E-state index in [9.17, 15) is 4.79 Å². The SMILES string of the molecule is CN(C(=O)CN1CCC(Cc2ccccc2)CC1)c1ccccc1. The molecule has 24 heavy (non-hydrogen) atoms. The first-order valence-electron chi connectivity index (χ1n) is 8.80. The zero-order chi connectivity index (χ0) is 16.8. The van der Waals surface area contributed by atoms with E-state index in [1.807, 2.05) is 37.4 Å². The molecule has 3 heteroatoms. The molecule has 0 atom stereocenters. The van der Waals surface area contributed by atoms with Gasteiger partial charge in [-0.25, -0.2) is 0 Å². The Hall–Kier alpha value is -2.13. The van der Waals surface area contributed by atoms with Gasteiger partial charge in [0.15, 0.2) is 0 Å². The Bertz CT molecular complexity index is 633. The van der Waals surface area contributed by atoms with Gasteiger partial charge < -0.3 is 4.90 Å². The molecule has 1 aliphatic heterocycles. The van der Waals surface area contributed by atoms with Crippen molar-refractivity contribution in [1.82, 2.24) is 4.90 Å². The summed E-state index contributed by atoms with van der Waals surface area (Å²) in [6.07, 6.45) is 3.51. The van der Waals surface area contributed by atoms with Gasteiger partial charge in [-0.2, -0.15) is 0 Å². The molecule has 1 heterocycles. The molecule has 3 rings (SSSR count). The van der Waals surface area contributed by atoms with Crippen LogP contribution in [0.15, 0.2) is 60.7 Å². The third kappa shape index (κ3) is 4.45. The van der Waals surface area contributed by atoms with Crippen molar-refractivity contribution in [3.8, 4) is 0 Å². The van der Waals surface area contributed by atoms with E-state index in [1.165, 1.54) is 18.4 Å². The number of piperidine rings is 1. The molecule has 0 bridgehead atoms. The maximum absolute atomic E-state index is 12.5. The lowest BCUT2D eigenvalue weighted by Crippen LogP contribution is -2.42. The second kappa shape index (κ2) is 8.11. The predicted octanol–water partition coefficient (Wildman–Crippen LogP) is 3.60. The van der Waals surface area contributed by atoms with Crippen LogP contribution in [-0.2, 0) is 11.2 Å². The van der Waals surface area contributed by atoms with Crippen LogP contribution in [0.2, 0.25) is 0 Å². The highest BCUT2D eigenvalue weighted by molar-refractivity contribution is 5.94. The molecule has 0 aliphatic carbocycles.